The zero-order valence-electron chi connectivity index (χ0n) is 17.2. The molecule has 160 valence electrons. The molecule has 0 radical (unpaired) electrons. The van der Waals surface area contributed by atoms with Gasteiger partial charge in [-0.25, -0.2) is 10.3 Å². The highest BCUT2D eigenvalue weighted by molar-refractivity contribution is 6.06. The summed E-state index contributed by atoms with van der Waals surface area (Å²) in [6.45, 7) is 3.59. The van der Waals surface area contributed by atoms with E-state index in [4.69, 9.17) is 9.94 Å². The van der Waals surface area contributed by atoms with Crippen LogP contribution in [0.4, 0.5) is 4.79 Å². The molecule has 0 saturated carbocycles. The fraction of sp³-hybridized carbons (Fsp3) is 0.318. The van der Waals surface area contributed by atoms with Gasteiger partial charge in [-0.1, -0.05) is 56.3 Å². The first-order valence-corrected chi connectivity index (χ1v) is 9.60. The van der Waals surface area contributed by atoms with Crippen LogP contribution in [-0.4, -0.2) is 54.1 Å². The first kappa shape index (κ1) is 23.1. The minimum absolute atomic E-state index is 0.00935. The van der Waals surface area contributed by atoms with E-state index in [-0.39, 0.29) is 12.5 Å². The number of imide groups is 1. The summed E-state index contributed by atoms with van der Waals surface area (Å²) in [5.74, 6) is 0.0140. The topological polar surface area (TPSA) is 108 Å². The molecule has 3 rings (SSSR count). The molecule has 2 aromatic carbocycles. The summed E-state index contributed by atoms with van der Waals surface area (Å²) in [4.78, 5) is 36.8. The molecule has 2 aromatic rings. The van der Waals surface area contributed by atoms with Gasteiger partial charge >= 0.3 is 6.03 Å². The lowest BCUT2D eigenvalue weighted by Gasteiger charge is -2.23. The van der Waals surface area contributed by atoms with Crippen LogP contribution >= 0.6 is 0 Å². The standard InChI is InChI=1S/C21H22N2O4.CH5NO/c1-14(2)19(12-24)23-20(25)18(22-21(23)26)13-27-17-10-8-16(9-11-17)15-6-4-3-5-7-15;1-2-3/h3-12,14,18-19H,13H2,1-2H3,(H,22,26);2-3H,1H3. The van der Waals surface area contributed by atoms with Gasteiger partial charge in [-0.05, 0) is 29.2 Å². The van der Waals surface area contributed by atoms with Crippen LogP contribution in [-0.2, 0) is 9.59 Å². The van der Waals surface area contributed by atoms with Crippen molar-refractivity contribution in [2.24, 2.45) is 5.92 Å². The van der Waals surface area contributed by atoms with Crippen molar-refractivity contribution in [3.05, 3.63) is 54.6 Å². The SMILES string of the molecule is CC(C)C(C=O)N1C(=O)NC(COc2ccc(-c3ccccc3)cc2)C1=O.CNO. The predicted molar refractivity (Wildman–Crippen MR) is 112 cm³/mol. The number of carbonyl (C=O) groups is 3. The second-order valence-electron chi connectivity index (χ2n) is 7.01. The van der Waals surface area contributed by atoms with Crippen molar-refractivity contribution >= 4 is 18.2 Å². The Bertz CT molecular complexity index is 840. The monoisotopic (exact) mass is 413 g/mol. The third kappa shape index (κ3) is 5.65. The number of carbonyl (C=O) groups excluding carboxylic acids is 3. The molecule has 1 saturated heterocycles. The molecule has 2 unspecified atom stereocenters. The maximum absolute atomic E-state index is 12.5. The predicted octanol–water partition coefficient (Wildman–Crippen LogP) is 2.47. The van der Waals surface area contributed by atoms with E-state index in [2.05, 4.69) is 5.32 Å². The van der Waals surface area contributed by atoms with Crippen LogP contribution in [0, 0.1) is 5.92 Å². The van der Waals surface area contributed by atoms with E-state index in [1.165, 1.54) is 7.05 Å². The fourth-order valence-corrected chi connectivity index (χ4v) is 3.01. The molecule has 1 fully saturated rings. The van der Waals surface area contributed by atoms with Crippen molar-refractivity contribution in [1.82, 2.24) is 15.7 Å². The van der Waals surface area contributed by atoms with Crippen molar-refractivity contribution < 1.29 is 24.3 Å². The molecule has 1 heterocycles. The van der Waals surface area contributed by atoms with Crippen molar-refractivity contribution in [3.8, 4) is 16.9 Å². The maximum atomic E-state index is 12.5. The molecule has 0 spiro atoms. The Morgan fingerprint density at radius 1 is 1.10 bits per heavy atom. The van der Waals surface area contributed by atoms with E-state index >= 15 is 0 Å². The third-order valence-corrected chi connectivity index (χ3v) is 4.55. The van der Waals surface area contributed by atoms with Crippen molar-refractivity contribution in [3.63, 3.8) is 0 Å². The molecule has 2 atom stereocenters. The van der Waals surface area contributed by atoms with Gasteiger partial charge in [0.25, 0.3) is 5.91 Å². The van der Waals surface area contributed by atoms with Crippen LogP contribution in [0.5, 0.6) is 5.75 Å². The zero-order chi connectivity index (χ0) is 22.1. The molecule has 3 N–H and O–H groups in total. The molecular weight excluding hydrogens is 386 g/mol. The first-order chi connectivity index (χ1) is 14.4. The van der Waals surface area contributed by atoms with Crippen LogP contribution in [0.25, 0.3) is 11.1 Å². The van der Waals surface area contributed by atoms with Gasteiger partial charge in [0.05, 0.1) is 6.04 Å². The molecule has 0 aromatic heterocycles. The van der Waals surface area contributed by atoms with Crippen LogP contribution in [0.3, 0.4) is 0 Å². The van der Waals surface area contributed by atoms with E-state index < -0.39 is 24.0 Å². The van der Waals surface area contributed by atoms with Gasteiger partial charge in [0.2, 0.25) is 0 Å². The van der Waals surface area contributed by atoms with Gasteiger partial charge in [0.1, 0.15) is 24.7 Å². The van der Waals surface area contributed by atoms with E-state index in [9.17, 15) is 14.4 Å². The number of hydrogen-bond donors (Lipinski definition) is 3. The lowest BCUT2D eigenvalue weighted by molar-refractivity contribution is -0.133. The Morgan fingerprint density at radius 2 is 1.67 bits per heavy atom. The quantitative estimate of drug-likeness (QED) is 0.366. The fourth-order valence-electron chi connectivity index (χ4n) is 3.01. The number of hydrogen-bond acceptors (Lipinski definition) is 6. The van der Waals surface area contributed by atoms with Crippen molar-refractivity contribution in [1.29, 1.82) is 0 Å². The number of nitrogens with one attached hydrogen (secondary N) is 2. The Morgan fingerprint density at radius 3 is 2.20 bits per heavy atom. The van der Waals surface area contributed by atoms with Gasteiger partial charge < -0.3 is 20.1 Å². The smallest absolute Gasteiger partial charge is 0.325 e. The average molecular weight is 413 g/mol. The lowest BCUT2D eigenvalue weighted by atomic mass is 10.0. The van der Waals surface area contributed by atoms with Crippen molar-refractivity contribution in [2.45, 2.75) is 25.9 Å². The Kier molecular flexibility index (Phi) is 8.52. The van der Waals surface area contributed by atoms with Gasteiger partial charge in [0.15, 0.2) is 0 Å². The molecule has 0 aliphatic carbocycles. The molecule has 1 aliphatic rings. The van der Waals surface area contributed by atoms with Crippen LogP contribution in [0.2, 0.25) is 0 Å². The Labute approximate surface area is 175 Å². The highest BCUT2D eigenvalue weighted by Crippen LogP contribution is 2.23. The Balaban J connectivity index is 0.00000101. The minimum atomic E-state index is -0.799. The zero-order valence-corrected chi connectivity index (χ0v) is 17.2. The summed E-state index contributed by atoms with van der Waals surface area (Å²) in [6, 6.07) is 15.4. The van der Waals surface area contributed by atoms with Gasteiger partial charge in [0, 0.05) is 7.05 Å². The largest absolute Gasteiger partial charge is 0.491 e. The van der Waals surface area contributed by atoms with Crippen LogP contribution < -0.4 is 15.5 Å². The number of ether oxygens (including phenoxy) is 1. The molecule has 1 aliphatic heterocycles. The number of benzene rings is 2. The summed E-state index contributed by atoms with van der Waals surface area (Å²) in [7, 11) is 1.43. The number of rotatable bonds is 7. The summed E-state index contributed by atoms with van der Waals surface area (Å²) < 4.78 is 5.67. The second kappa shape index (κ2) is 11.1. The highest BCUT2D eigenvalue weighted by atomic mass is 16.5. The lowest BCUT2D eigenvalue weighted by Crippen LogP contribution is -2.45. The number of nitrogens with zero attached hydrogens (tertiary/aromatic N) is 1. The number of hydroxylamine groups is 1. The van der Waals surface area contributed by atoms with Gasteiger partial charge in [-0.15, -0.1) is 0 Å². The highest BCUT2D eigenvalue weighted by Gasteiger charge is 2.43. The van der Waals surface area contributed by atoms with Gasteiger partial charge in [-0.2, -0.15) is 0 Å². The third-order valence-electron chi connectivity index (χ3n) is 4.55. The number of urea groups is 1. The molecule has 8 heteroatoms. The van der Waals surface area contributed by atoms with Crippen molar-refractivity contribution in [2.75, 3.05) is 13.7 Å². The van der Waals surface area contributed by atoms with E-state index in [1.807, 2.05) is 54.6 Å². The summed E-state index contributed by atoms with van der Waals surface area (Å²) in [5, 5.41) is 9.90. The average Bonchev–Trinajstić information content (AvgIpc) is 3.02. The normalized spacial score (nSPS) is 16.6. The van der Waals surface area contributed by atoms with E-state index in [1.54, 1.807) is 19.3 Å². The van der Waals surface area contributed by atoms with Crippen LogP contribution in [0.15, 0.2) is 54.6 Å². The molecule has 8 nitrogen and oxygen atoms in total. The summed E-state index contributed by atoms with van der Waals surface area (Å²) in [5.41, 5.74) is 3.91. The second-order valence-corrected chi connectivity index (χ2v) is 7.01. The molecule has 30 heavy (non-hydrogen) atoms. The number of aldehydes is 1. The van der Waals surface area contributed by atoms with Gasteiger partial charge in [-0.3, -0.25) is 9.69 Å². The Hall–Kier alpha value is -3.23. The van der Waals surface area contributed by atoms with E-state index in [0.29, 0.717) is 12.0 Å². The minimum Gasteiger partial charge on any atom is -0.491 e. The summed E-state index contributed by atoms with van der Waals surface area (Å²) in [6.07, 6.45) is 0.633. The summed E-state index contributed by atoms with van der Waals surface area (Å²) >= 11 is 0. The molecule has 3 amide bonds. The van der Waals surface area contributed by atoms with Crippen LogP contribution in [0.1, 0.15) is 13.8 Å². The molecule has 0 bridgehead atoms. The maximum Gasteiger partial charge on any atom is 0.325 e. The molecular formula is C22H27N3O5. The number of amides is 3. The van der Waals surface area contributed by atoms with E-state index in [0.717, 1.165) is 16.0 Å². The first-order valence-electron chi connectivity index (χ1n) is 9.60.